The Morgan fingerprint density at radius 3 is 2.48 bits per heavy atom. The second-order valence-corrected chi connectivity index (χ2v) is 5.87. The number of oxazole rings is 1. The molecule has 4 rings (SSSR count). The van der Waals surface area contributed by atoms with Crippen LogP contribution >= 0.6 is 11.6 Å². The standard InChI is InChI=1S/C20H14ClNO3/c1-23-16-4-2-3-13(11-16)20-22-18-12-17(9-10-19(18)25-20)24-15-7-5-14(21)6-8-15/h2-12H,1H3. The quantitative estimate of drug-likeness (QED) is 0.455. The predicted molar refractivity (Wildman–Crippen MR) is 97.5 cm³/mol. The number of methoxy groups -OCH3 is 1. The molecule has 4 aromatic rings. The lowest BCUT2D eigenvalue weighted by Gasteiger charge is -2.04. The average molecular weight is 352 g/mol. The number of aromatic nitrogens is 1. The number of ether oxygens (including phenoxy) is 2. The van der Waals surface area contributed by atoms with E-state index in [0.29, 0.717) is 28.0 Å². The predicted octanol–water partition coefficient (Wildman–Crippen LogP) is 5.95. The Hall–Kier alpha value is -2.98. The molecule has 0 fully saturated rings. The van der Waals surface area contributed by atoms with Crippen LogP contribution in [0.3, 0.4) is 0 Å². The second-order valence-electron chi connectivity index (χ2n) is 5.44. The van der Waals surface area contributed by atoms with Crippen molar-refractivity contribution in [3.05, 3.63) is 71.8 Å². The summed E-state index contributed by atoms with van der Waals surface area (Å²) in [7, 11) is 1.63. The van der Waals surface area contributed by atoms with Crippen LogP contribution in [-0.4, -0.2) is 12.1 Å². The molecule has 124 valence electrons. The first-order chi connectivity index (χ1) is 12.2. The normalized spacial score (nSPS) is 10.8. The molecule has 0 N–H and O–H groups in total. The van der Waals surface area contributed by atoms with Gasteiger partial charge in [-0.2, -0.15) is 0 Å². The number of fused-ring (bicyclic) bond motifs is 1. The number of benzene rings is 3. The number of rotatable bonds is 4. The Morgan fingerprint density at radius 1 is 0.880 bits per heavy atom. The highest BCUT2D eigenvalue weighted by Crippen LogP contribution is 2.30. The van der Waals surface area contributed by atoms with Crippen molar-refractivity contribution in [3.63, 3.8) is 0 Å². The van der Waals surface area contributed by atoms with Crippen LogP contribution in [0.1, 0.15) is 0 Å². The van der Waals surface area contributed by atoms with Gasteiger partial charge in [-0.25, -0.2) is 4.98 Å². The minimum atomic E-state index is 0.539. The van der Waals surface area contributed by atoms with Crippen molar-refractivity contribution in [2.45, 2.75) is 0 Å². The van der Waals surface area contributed by atoms with Gasteiger partial charge < -0.3 is 13.9 Å². The molecule has 1 aromatic heterocycles. The van der Waals surface area contributed by atoms with Gasteiger partial charge >= 0.3 is 0 Å². The van der Waals surface area contributed by atoms with Gasteiger partial charge in [-0.3, -0.25) is 0 Å². The minimum Gasteiger partial charge on any atom is -0.497 e. The highest BCUT2D eigenvalue weighted by atomic mass is 35.5. The third kappa shape index (κ3) is 3.30. The van der Waals surface area contributed by atoms with Crippen molar-refractivity contribution in [3.8, 4) is 28.7 Å². The van der Waals surface area contributed by atoms with E-state index in [1.165, 1.54) is 0 Å². The SMILES string of the molecule is COc1cccc(-c2nc3cc(Oc4ccc(Cl)cc4)ccc3o2)c1. The van der Waals surface area contributed by atoms with Gasteiger partial charge in [-0.15, -0.1) is 0 Å². The summed E-state index contributed by atoms with van der Waals surface area (Å²) in [6.45, 7) is 0. The highest BCUT2D eigenvalue weighted by Gasteiger charge is 2.10. The second kappa shape index (κ2) is 6.49. The van der Waals surface area contributed by atoms with Crippen molar-refractivity contribution < 1.29 is 13.9 Å². The van der Waals surface area contributed by atoms with E-state index in [-0.39, 0.29) is 0 Å². The Bertz CT molecular complexity index is 1020. The lowest BCUT2D eigenvalue weighted by atomic mass is 10.2. The molecule has 0 saturated carbocycles. The molecule has 0 aliphatic heterocycles. The van der Waals surface area contributed by atoms with Crippen molar-refractivity contribution in [1.29, 1.82) is 0 Å². The summed E-state index contributed by atoms with van der Waals surface area (Å²) < 4.78 is 16.9. The molecule has 0 aliphatic carbocycles. The maximum atomic E-state index is 5.89. The number of hydrogen-bond acceptors (Lipinski definition) is 4. The van der Waals surface area contributed by atoms with Gasteiger partial charge in [0.25, 0.3) is 0 Å². The van der Waals surface area contributed by atoms with E-state index < -0.39 is 0 Å². The summed E-state index contributed by atoms with van der Waals surface area (Å²) in [5.41, 5.74) is 2.28. The van der Waals surface area contributed by atoms with Crippen molar-refractivity contribution in [1.82, 2.24) is 4.98 Å². The third-order valence-electron chi connectivity index (χ3n) is 3.73. The Balaban J connectivity index is 1.65. The van der Waals surface area contributed by atoms with E-state index in [0.717, 1.165) is 16.8 Å². The molecule has 0 saturated heterocycles. The zero-order valence-electron chi connectivity index (χ0n) is 13.4. The zero-order valence-corrected chi connectivity index (χ0v) is 14.2. The monoisotopic (exact) mass is 351 g/mol. The number of nitrogens with zero attached hydrogens (tertiary/aromatic N) is 1. The molecule has 25 heavy (non-hydrogen) atoms. The Kier molecular flexibility index (Phi) is 4.04. The fourth-order valence-electron chi connectivity index (χ4n) is 2.49. The molecule has 1 heterocycles. The third-order valence-corrected chi connectivity index (χ3v) is 3.98. The molecular weight excluding hydrogens is 338 g/mol. The highest BCUT2D eigenvalue weighted by molar-refractivity contribution is 6.30. The maximum absolute atomic E-state index is 5.89. The maximum Gasteiger partial charge on any atom is 0.227 e. The molecule has 0 amide bonds. The molecule has 0 atom stereocenters. The van der Waals surface area contributed by atoms with Gasteiger partial charge in [0, 0.05) is 16.7 Å². The summed E-state index contributed by atoms with van der Waals surface area (Å²) in [5.74, 6) is 2.68. The summed E-state index contributed by atoms with van der Waals surface area (Å²) >= 11 is 5.89. The van der Waals surface area contributed by atoms with Crippen LogP contribution in [0.5, 0.6) is 17.2 Å². The zero-order chi connectivity index (χ0) is 17.2. The fourth-order valence-corrected chi connectivity index (χ4v) is 2.62. The van der Waals surface area contributed by atoms with Gasteiger partial charge in [0.1, 0.15) is 22.8 Å². The van der Waals surface area contributed by atoms with E-state index in [2.05, 4.69) is 4.98 Å². The van der Waals surface area contributed by atoms with Crippen LogP contribution in [0, 0.1) is 0 Å². The first kappa shape index (κ1) is 15.5. The lowest BCUT2D eigenvalue weighted by Crippen LogP contribution is -1.84. The van der Waals surface area contributed by atoms with E-state index >= 15 is 0 Å². The van der Waals surface area contributed by atoms with Crippen LogP contribution in [-0.2, 0) is 0 Å². The van der Waals surface area contributed by atoms with Crippen LogP contribution in [0.15, 0.2) is 71.1 Å². The van der Waals surface area contributed by atoms with Crippen molar-refractivity contribution >= 4 is 22.7 Å². The topological polar surface area (TPSA) is 44.5 Å². The van der Waals surface area contributed by atoms with Crippen LogP contribution < -0.4 is 9.47 Å². The van der Waals surface area contributed by atoms with Crippen LogP contribution in [0.25, 0.3) is 22.6 Å². The molecule has 0 radical (unpaired) electrons. The first-order valence-corrected chi connectivity index (χ1v) is 8.07. The summed E-state index contributed by atoms with van der Waals surface area (Å²) in [6, 6.07) is 20.3. The number of hydrogen-bond donors (Lipinski definition) is 0. The van der Waals surface area contributed by atoms with E-state index in [4.69, 9.17) is 25.5 Å². The average Bonchev–Trinajstić information content (AvgIpc) is 3.07. The van der Waals surface area contributed by atoms with Crippen molar-refractivity contribution in [2.75, 3.05) is 7.11 Å². The molecule has 3 aromatic carbocycles. The molecule has 0 aliphatic rings. The lowest BCUT2D eigenvalue weighted by molar-refractivity contribution is 0.415. The van der Waals surface area contributed by atoms with Gasteiger partial charge in [0.05, 0.1) is 7.11 Å². The molecule has 0 bridgehead atoms. The van der Waals surface area contributed by atoms with Crippen LogP contribution in [0.2, 0.25) is 5.02 Å². The van der Waals surface area contributed by atoms with Crippen molar-refractivity contribution in [2.24, 2.45) is 0 Å². The van der Waals surface area contributed by atoms with Gasteiger partial charge in [0.2, 0.25) is 5.89 Å². The van der Waals surface area contributed by atoms with Crippen LogP contribution in [0.4, 0.5) is 0 Å². The molecule has 4 nitrogen and oxygen atoms in total. The van der Waals surface area contributed by atoms with E-state index in [9.17, 15) is 0 Å². The number of halogens is 1. The summed E-state index contributed by atoms with van der Waals surface area (Å²) in [4.78, 5) is 4.55. The molecule has 0 unspecified atom stereocenters. The molecule has 5 heteroatoms. The molecule has 0 spiro atoms. The van der Waals surface area contributed by atoms with E-state index in [1.54, 1.807) is 19.2 Å². The Labute approximate surface area is 149 Å². The summed E-state index contributed by atoms with van der Waals surface area (Å²) in [6.07, 6.45) is 0. The fraction of sp³-hybridized carbons (Fsp3) is 0.0500. The Morgan fingerprint density at radius 2 is 1.68 bits per heavy atom. The first-order valence-electron chi connectivity index (χ1n) is 7.70. The van der Waals surface area contributed by atoms with Gasteiger partial charge in [-0.1, -0.05) is 17.7 Å². The molecular formula is C20H14ClNO3. The summed E-state index contributed by atoms with van der Waals surface area (Å²) in [5, 5.41) is 0.669. The minimum absolute atomic E-state index is 0.539. The van der Waals surface area contributed by atoms with Gasteiger partial charge in [-0.05, 0) is 54.6 Å². The smallest absolute Gasteiger partial charge is 0.227 e. The van der Waals surface area contributed by atoms with Gasteiger partial charge in [0.15, 0.2) is 5.58 Å². The largest absolute Gasteiger partial charge is 0.497 e. The van der Waals surface area contributed by atoms with E-state index in [1.807, 2.05) is 54.6 Å².